The van der Waals surface area contributed by atoms with Gasteiger partial charge in [-0.25, -0.2) is 4.99 Å². The summed E-state index contributed by atoms with van der Waals surface area (Å²) in [4.78, 5) is 7.57. The van der Waals surface area contributed by atoms with Crippen LogP contribution in [0.5, 0.6) is 0 Å². The molecule has 2 aliphatic heterocycles. The molecule has 0 amide bonds. The third kappa shape index (κ3) is 2.30. The van der Waals surface area contributed by atoms with Gasteiger partial charge in [-0.1, -0.05) is 72.3 Å². The maximum absolute atomic E-state index is 6.16. The summed E-state index contributed by atoms with van der Waals surface area (Å²) >= 11 is 6.16. The van der Waals surface area contributed by atoms with Gasteiger partial charge in [0.1, 0.15) is 5.84 Å². The van der Waals surface area contributed by atoms with Gasteiger partial charge in [0.2, 0.25) is 0 Å². The Balaban J connectivity index is 1.72. The zero-order valence-corrected chi connectivity index (χ0v) is 16.2. The van der Waals surface area contributed by atoms with E-state index in [1.807, 2.05) is 12.1 Å². The number of halogens is 1. The van der Waals surface area contributed by atoms with E-state index < -0.39 is 0 Å². The maximum Gasteiger partial charge on any atom is 0.119 e. The number of nitrogens with zero attached hydrogens (tertiary/aromatic N) is 2. The van der Waals surface area contributed by atoms with Crippen LogP contribution in [0.1, 0.15) is 42.6 Å². The normalized spacial score (nSPS) is 25.9. The van der Waals surface area contributed by atoms with Crippen LogP contribution in [0.15, 0.2) is 83.9 Å². The Kier molecular flexibility index (Phi) is 3.66. The fourth-order valence-electron chi connectivity index (χ4n) is 4.72. The number of rotatable bonds is 2. The fraction of sp³-hybridized carbons (Fsp3) is 0.208. The Morgan fingerprint density at radius 1 is 0.889 bits per heavy atom. The predicted octanol–water partition coefficient (Wildman–Crippen LogP) is 6.46. The molecular formula is C24H21ClN2. The summed E-state index contributed by atoms with van der Waals surface area (Å²) in [5.41, 5.74) is 4.78. The third-order valence-electron chi connectivity index (χ3n) is 6.12. The van der Waals surface area contributed by atoms with Gasteiger partial charge in [0.25, 0.3) is 0 Å². The van der Waals surface area contributed by atoms with Crippen LogP contribution in [0.2, 0.25) is 5.02 Å². The number of amidine groups is 1. The van der Waals surface area contributed by atoms with Crippen molar-refractivity contribution >= 4 is 23.1 Å². The van der Waals surface area contributed by atoms with Gasteiger partial charge in [-0.3, -0.25) is 0 Å². The first-order chi connectivity index (χ1) is 13.1. The molecule has 5 rings (SSSR count). The van der Waals surface area contributed by atoms with Gasteiger partial charge in [-0.2, -0.15) is 0 Å². The lowest BCUT2D eigenvalue weighted by atomic mass is 9.63. The number of para-hydroxylation sites is 1. The second-order valence-electron chi connectivity index (χ2n) is 7.60. The second-order valence-corrected chi connectivity index (χ2v) is 8.04. The first-order valence-electron chi connectivity index (χ1n) is 9.38. The summed E-state index contributed by atoms with van der Waals surface area (Å²) in [5.74, 6) is 1.15. The summed E-state index contributed by atoms with van der Waals surface area (Å²) in [7, 11) is 0. The minimum absolute atomic E-state index is 0.170. The molecule has 1 fully saturated rings. The molecule has 2 heterocycles. The largest absolute Gasteiger partial charge is 0.344 e. The van der Waals surface area contributed by atoms with E-state index in [9.17, 15) is 0 Å². The molecule has 3 heteroatoms. The molecule has 0 saturated carbocycles. The summed E-state index contributed by atoms with van der Waals surface area (Å²) in [5, 5.41) is 0.769. The Labute approximate surface area is 165 Å². The quantitative estimate of drug-likeness (QED) is 0.504. The zero-order chi connectivity index (χ0) is 18.6. The van der Waals surface area contributed by atoms with Crippen molar-refractivity contribution in [1.82, 2.24) is 4.90 Å². The van der Waals surface area contributed by atoms with E-state index in [1.54, 1.807) is 0 Å². The Morgan fingerprint density at radius 3 is 2.30 bits per heavy atom. The van der Waals surface area contributed by atoms with Crippen LogP contribution in [-0.4, -0.2) is 10.7 Å². The van der Waals surface area contributed by atoms with Gasteiger partial charge in [-0.05, 0) is 43.2 Å². The SMILES string of the molecule is C[C@H]1c2ccccc2N=C2N1[C@@H](c1ccc(Cl)cc1)[C@@]2(C)c1ccccc1. The highest BCUT2D eigenvalue weighted by Gasteiger charge is 2.59. The summed E-state index contributed by atoms with van der Waals surface area (Å²) < 4.78 is 0. The van der Waals surface area contributed by atoms with Crippen molar-refractivity contribution in [2.24, 2.45) is 4.99 Å². The number of hydrogen-bond acceptors (Lipinski definition) is 2. The van der Waals surface area contributed by atoms with Crippen LogP contribution in [0.25, 0.3) is 0 Å². The van der Waals surface area contributed by atoms with E-state index >= 15 is 0 Å². The lowest BCUT2D eigenvalue weighted by molar-refractivity contribution is 0.110. The number of aliphatic imine (C=N–C) groups is 1. The molecule has 2 aliphatic rings. The Hall–Kier alpha value is -2.58. The van der Waals surface area contributed by atoms with Crippen molar-refractivity contribution in [2.45, 2.75) is 31.3 Å². The highest BCUT2D eigenvalue weighted by molar-refractivity contribution is 6.30. The average molecular weight is 373 g/mol. The van der Waals surface area contributed by atoms with E-state index in [0.29, 0.717) is 0 Å². The highest BCUT2D eigenvalue weighted by Crippen LogP contribution is 2.58. The predicted molar refractivity (Wildman–Crippen MR) is 112 cm³/mol. The fourth-order valence-corrected chi connectivity index (χ4v) is 4.85. The first kappa shape index (κ1) is 16.6. The molecule has 27 heavy (non-hydrogen) atoms. The molecule has 3 aromatic carbocycles. The van der Waals surface area contributed by atoms with Crippen LogP contribution in [0.3, 0.4) is 0 Å². The van der Waals surface area contributed by atoms with Gasteiger partial charge in [0, 0.05) is 10.6 Å². The average Bonchev–Trinajstić information content (AvgIpc) is 2.71. The number of benzene rings is 3. The molecule has 0 unspecified atom stereocenters. The van der Waals surface area contributed by atoms with Crippen molar-refractivity contribution in [3.63, 3.8) is 0 Å². The van der Waals surface area contributed by atoms with E-state index in [2.05, 4.69) is 85.5 Å². The standard InChI is InChI=1S/C24H21ClN2/c1-16-20-10-6-7-11-21(20)26-23-24(2,18-8-4-3-5-9-18)22(27(16)23)17-12-14-19(25)15-13-17/h3-16,22H,1-2H3/t16-,22-,24+/m0/s1. The molecule has 3 atom stereocenters. The van der Waals surface area contributed by atoms with Crippen molar-refractivity contribution in [2.75, 3.05) is 0 Å². The van der Waals surface area contributed by atoms with E-state index in [4.69, 9.17) is 16.6 Å². The molecule has 0 spiro atoms. The number of fused-ring (bicyclic) bond motifs is 2. The second kappa shape index (κ2) is 5.97. The van der Waals surface area contributed by atoms with E-state index in [1.165, 1.54) is 16.7 Å². The highest BCUT2D eigenvalue weighted by atomic mass is 35.5. The van der Waals surface area contributed by atoms with Crippen LogP contribution >= 0.6 is 11.6 Å². The van der Waals surface area contributed by atoms with E-state index in [0.717, 1.165) is 16.5 Å². The lowest BCUT2D eigenvalue weighted by Gasteiger charge is -2.62. The molecular weight excluding hydrogens is 352 g/mol. The van der Waals surface area contributed by atoms with Crippen molar-refractivity contribution in [1.29, 1.82) is 0 Å². The van der Waals surface area contributed by atoms with E-state index in [-0.39, 0.29) is 17.5 Å². The van der Waals surface area contributed by atoms with Gasteiger partial charge >= 0.3 is 0 Å². The van der Waals surface area contributed by atoms with Crippen molar-refractivity contribution in [3.05, 3.63) is 101 Å². The molecule has 0 aliphatic carbocycles. The van der Waals surface area contributed by atoms with Gasteiger partial charge < -0.3 is 4.90 Å². The van der Waals surface area contributed by atoms with Crippen molar-refractivity contribution in [3.8, 4) is 0 Å². The Bertz CT molecular complexity index is 1030. The molecule has 0 aromatic heterocycles. The third-order valence-corrected chi connectivity index (χ3v) is 6.38. The molecule has 2 nitrogen and oxygen atoms in total. The summed E-state index contributed by atoms with van der Waals surface area (Å²) in [6.45, 7) is 4.60. The lowest BCUT2D eigenvalue weighted by Crippen LogP contribution is -2.65. The van der Waals surface area contributed by atoms with Crippen LogP contribution < -0.4 is 0 Å². The van der Waals surface area contributed by atoms with Crippen molar-refractivity contribution < 1.29 is 0 Å². The molecule has 3 aromatic rings. The minimum Gasteiger partial charge on any atom is -0.344 e. The smallest absolute Gasteiger partial charge is 0.119 e. The zero-order valence-electron chi connectivity index (χ0n) is 15.4. The van der Waals surface area contributed by atoms with Crippen LogP contribution in [0.4, 0.5) is 5.69 Å². The van der Waals surface area contributed by atoms with Gasteiger partial charge in [0.05, 0.1) is 23.2 Å². The summed E-state index contributed by atoms with van der Waals surface area (Å²) in [6.07, 6.45) is 0. The van der Waals surface area contributed by atoms with Crippen LogP contribution in [-0.2, 0) is 5.41 Å². The Morgan fingerprint density at radius 2 is 1.56 bits per heavy atom. The van der Waals surface area contributed by atoms with Gasteiger partial charge in [-0.15, -0.1) is 0 Å². The van der Waals surface area contributed by atoms with Gasteiger partial charge in [0.15, 0.2) is 0 Å². The maximum atomic E-state index is 6.16. The van der Waals surface area contributed by atoms with Crippen LogP contribution in [0, 0.1) is 0 Å². The monoisotopic (exact) mass is 372 g/mol. The summed E-state index contributed by atoms with van der Waals surface area (Å²) in [6, 6.07) is 28.0. The molecule has 0 radical (unpaired) electrons. The molecule has 1 saturated heterocycles. The molecule has 0 bridgehead atoms. The first-order valence-corrected chi connectivity index (χ1v) is 9.76. The topological polar surface area (TPSA) is 15.6 Å². The molecule has 134 valence electrons. The molecule has 0 N–H and O–H groups in total. The number of hydrogen-bond donors (Lipinski definition) is 0. The minimum atomic E-state index is -0.170.